The molecule has 0 unspecified atom stereocenters. The quantitative estimate of drug-likeness (QED) is 0.930. The molecule has 126 valence electrons. The number of aromatic nitrogens is 2. The van der Waals surface area contributed by atoms with E-state index < -0.39 is 0 Å². The fraction of sp³-hybridized carbons (Fsp3) is 0.444. The van der Waals surface area contributed by atoms with Crippen LogP contribution in [0.1, 0.15) is 24.1 Å². The molecule has 6 heteroatoms. The van der Waals surface area contributed by atoms with E-state index in [0.717, 1.165) is 55.1 Å². The van der Waals surface area contributed by atoms with Gasteiger partial charge in [0.05, 0.1) is 29.4 Å². The Labute approximate surface area is 145 Å². The second-order valence-electron chi connectivity index (χ2n) is 6.52. The van der Waals surface area contributed by atoms with Gasteiger partial charge in [-0.25, -0.2) is 0 Å². The third-order valence-corrected chi connectivity index (χ3v) is 5.26. The number of rotatable bonds is 3. The van der Waals surface area contributed by atoms with Crippen molar-refractivity contribution >= 4 is 17.5 Å². The summed E-state index contributed by atoms with van der Waals surface area (Å²) < 4.78 is 5.40. The van der Waals surface area contributed by atoms with Gasteiger partial charge in [0.15, 0.2) is 0 Å². The van der Waals surface area contributed by atoms with Crippen molar-refractivity contribution in [3.8, 4) is 11.3 Å². The first-order valence-corrected chi connectivity index (χ1v) is 8.76. The minimum atomic E-state index is 0.170. The Morgan fingerprint density at radius 3 is 2.88 bits per heavy atom. The molecule has 0 saturated carbocycles. The predicted molar refractivity (Wildman–Crippen MR) is 91.7 cm³/mol. The first-order valence-electron chi connectivity index (χ1n) is 8.39. The number of carbonyl (C=O) groups is 1. The number of fused-ring (bicyclic) bond motifs is 1. The Hall–Kier alpha value is -1.85. The molecular weight excluding hydrogens is 326 g/mol. The molecule has 0 radical (unpaired) electrons. The van der Waals surface area contributed by atoms with Crippen molar-refractivity contribution in [1.29, 1.82) is 0 Å². The number of H-pyrrole nitrogens is 1. The average Bonchev–Trinajstić information content (AvgIpc) is 2.99. The first kappa shape index (κ1) is 15.7. The summed E-state index contributed by atoms with van der Waals surface area (Å²) in [6.07, 6.45) is 2.45. The van der Waals surface area contributed by atoms with E-state index >= 15 is 0 Å². The van der Waals surface area contributed by atoms with Crippen LogP contribution in [-0.4, -0.2) is 40.8 Å². The van der Waals surface area contributed by atoms with Gasteiger partial charge in [0.1, 0.15) is 0 Å². The Morgan fingerprint density at radius 1 is 1.29 bits per heavy atom. The fourth-order valence-corrected chi connectivity index (χ4v) is 3.77. The van der Waals surface area contributed by atoms with Crippen LogP contribution in [0.25, 0.3) is 11.3 Å². The third kappa shape index (κ3) is 2.94. The SMILES string of the molecule is O=C1Cc2c(-c3ccccc3Cl)n[nH]c2CN1CC1CCOCC1. The van der Waals surface area contributed by atoms with Gasteiger partial charge in [-0.15, -0.1) is 0 Å². The van der Waals surface area contributed by atoms with E-state index in [2.05, 4.69) is 10.2 Å². The molecule has 1 aromatic heterocycles. The summed E-state index contributed by atoms with van der Waals surface area (Å²) >= 11 is 6.29. The normalized spacial score (nSPS) is 18.7. The number of aromatic amines is 1. The zero-order valence-corrected chi connectivity index (χ0v) is 14.2. The molecule has 5 nitrogen and oxygen atoms in total. The fourth-order valence-electron chi connectivity index (χ4n) is 3.55. The highest BCUT2D eigenvalue weighted by Gasteiger charge is 2.30. The summed E-state index contributed by atoms with van der Waals surface area (Å²) in [4.78, 5) is 14.6. The molecular formula is C18H20ClN3O2. The number of hydrogen-bond donors (Lipinski definition) is 1. The lowest BCUT2D eigenvalue weighted by Gasteiger charge is -2.32. The van der Waals surface area contributed by atoms with Gasteiger partial charge in [0.25, 0.3) is 0 Å². The maximum Gasteiger partial charge on any atom is 0.227 e. The van der Waals surface area contributed by atoms with Gasteiger partial charge in [0.2, 0.25) is 5.91 Å². The van der Waals surface area contributed by atoms with Gasteiger partial charge in [-0.05, 0) is 24.8 Å². The lowest BCUT2D eigenvalue weighted by atomic mass is 9.96. The van der Waals surface area contributed by atoms with Crippen LogP contribution in [0.3, 0.4) is 0 Å². The molecule has 0 aliphatic carbocycles. The zero-order chi connectivity index (χ0) is 16.5. The van der Waals surface area contributed by atoms with Crippen molar-refractivity contribution < 1.29 is 9.53 Å². The van der Waals surface area contributed by atoms with Crippen LogP contribution in [0.2, 0.25) is 5.02 Å². The number of amides is 1. The number of halogens is 1. The van der Waals surface area contributed by atoms with E-state index in [0.29, 0.717) is 23.9 Å². The first-order chi connectivity index (χ1) is 11.7. The van der Waals surface area contributed by atoms with Crippen molar-refractivity contribution in [3.63, 3.8) is 0 Å². The Kier molecular flexibility index (Phi) is 4.29. The molecule has 24 heavy (non-hydrogen) atoms. The van der Waals surface area contributed by atoms with Crippen LogP contribution in [0.4, 0.5) is 0 Å². The molecule has 0 bridgehead atoms. The van der Waals surface area contributed by atoms with E-state index in [1.165, 1.54) is 0 Å². The molecule has 1 N–H and O–H groups in total. The van der Waals surface area contributed by atoms with Crippen LogP contribution in [-0.2, 0) is 22.5 Å². The van der Waals surface area contributed by atoms with Gasteiger partial charge in [-0.2, -0.15) is 5.10 Å². The number of benzene rings is 1. The zero-order valence-electron chi connectivity index (χ0n) is 13.4. The standard InChI is InChI=1S/C18H20ClN3O2/c19-15-4-2-1-3-13(15)18-14-9-17(23)22(11-16(14)20-21-18)10-12-5-7-24-8-6-12/h1-4,12H,5-11H2,(H,20,21). The van der Waals surface area contributed by atoms with E-state index in [9.17, 15) is 4.79 Å². The van der Waals surface area contributed by atoms with Gasteiger partial charge in [-0.1, -0.05) is 29.8 Å². The highest BCUT2D eigenvalue weighted by molar-refractivity contribution is 6.33. The van der Waals surface area contributed by atoms with Crippen LogP contribution in [0.5, 0.6) is 0 Å². The third-order valence-electron chi connectivity index (χ3n) is 4.93. The topological polar surface area (TPSA) is 58.2 Å². The van der Waals surface area contributed by atoms with Crippen molar-refractivity contribution in [2.45, 2.75) is 25.8 Å². The van der Waals surface area contributed by atoms with E-state index in [-0.39, 0.29) is 5.91 Å². The number of carbonyl (C=O) groups excluding carboxylic acids is 1. The molecule has 2 aliphatic heterocycles. The molecule has 1 aromatic carbocycles. The summed E-state index contributed by atoms with van der Waals surface area (Å²) in [5.41, 5.74) is 3.69. The summed E-state index contributed by atoms with van der Waals surface area (Å²) in [5, 5.41) is 8.21. The molecule has 3 heterocycles. The lowest BCUT2D eigenvalue weighted by Crippen LogP contribution is -2.40. The Bertz CT molecular complexity index is 752. The summed E-state index contributed by atoms with van der Waals surface area (Å²) in [7, 11) is 0. The van der Waals surface area contributed by atoms with Crippen LogP contribution in [0, 0.1) is 5.92 Å². The highest BCUT2D eigenvalue weighted by Crippen LogP contribution is 2.33. The molecule has 1 amide bonds. The monoisotopic (exact) mass is 345 g/mol. The Balaban J connectivity index is 1.56. The summed E-state index contributed by atoms with van der Waals surface area (Å²) in [5.74, 6) is 0.707. The molecule has 4 rings (SSSR count). The minimum Gasteiger partial charge on any atom is -0.381 e. The number of hydrogen-bond acceptors (Lipinski definition) is 3. The summed E-state index contributed by atoms with van der Waals surface area (Å²) in [6, 6.07) is 7.62. The van der Waals surface area contributed by atoms with E-state index in [4.69, 9.17) is 16.3 Å². The largest absolute Gasteiger partial charge is 0.381 e. The van der Waals surface area contributed by atoms with Crippen molar-refractivity contribution in [2.24, 2.45) is 5.92 Å². The average molecular weight is 346 g/mol. The van der Waals surface area contributed by atoms with Crippen molar-refractivity contribution in [2.75, 3.05) is 19.8 Å². The van der Waals surface area contributed by atoms with Gasteiger partial charge in [-0.3, -0.25) is 9.89 Å². The highest BCUT2D eigenvalue weighted by atomic mass is 35.5. The summed E-state index contributed by atoms with van der Waals surface area (Å²) in [6.45, 7) is 3.02. The van der Waals surface area contributed by atoms with Crippen LogP contribution < -0.4 is 0 Å². The van der Waals surface area contributed by atoms with Crippen molar-refractivity contribution in [1.82, 2.24) is 15.1 Å². The second-order valence-corrected chi connectivity index (χ2v) is 6.92. The molecule has 2 aliphatic rings. The van der Waals surface area contributed by atoms with Crippen LogP contribution in [0.15, 0.2) is 24.3 Å². The van der Waals surface area contributed by atoms with E-state index in [1.807, 2.05) is 29.2 Å². The maximum absolute atomic E-state index is 12.6. The Morgan fingerprint density at radius 2 is 2.08 bits per heavy atom. The molecule has 1 saturated heterocycles. The number of nitrogens with one attached hydrogen (secondary N) is 1. The van der Waals surface area contributed by atoms with Gasteiger partial charge < -0.3 is 9.64 Å². The number of nitrogens with zero attached hydrogens (tertiary/aromatic N) is 2. The van der Waals surface area contributed by atoms with Crippen molar-refractivity contribution in [3.05, 3.63) is 40.5 Å². The second kappa shape index (κ2) is 6.57. The number of ether oxygens (including phenoxy) is 1. The molecule has 0 spiro atoms. The maximum atomic E-state index is 12.6. The minimum absolute atomic E-state index is 0.170. The molecule has 2 aromatic rings. The lowest BCUT2D eigenvalue weighted by molar-refractivity contribution is -0.133. The molecule has 1 fully saturated rings. The smallest absolute Gasteiger partial charge is 0.227 e. The predicted octanol–water partition coefficient (Wildman–Crippen LogP) is 3.04. The van der Waals surface area contributed by atoms with Crippen LogP contribution >= 0.6 is 11.6 Å². The van der Waals surface area contributed by atoms with Gasteiger partial charge >= 0.3 is 0 Å². The molecule has 0 atom stereocenters. The van der Waals surface area contributed by atoms with E-state index in [1.54, 1.807) is 0 Å². The van der Waals surface area contributed by atoms with Gasteiger partial charge in [0, 0.05) is 30.9 Å².